The molecule has 0 unspecified atom stereocenters. The maximum Gasteiger partial charge on any atom is 0.434 e. The van der Waals surface area contributed by atoms with Gasteiger partial charge in [0.2, 0.25) is 0 Å². The van der Waals surface area contributed by atoms with E-state index in [1.165, 1.54) is 22.8 Å². The van der Waals surface area contributed by atoms with E-state index in [4.69, 9.17) is 11.6 Å². The Labute approximate surface area is 207 Å². The number of aliphatic hydroxyl groups is 1. The molecule has 0 atom stereocenters. The molecule has 5 rings (SSSR count). The zero-order valence-electron chi connectivity index (χ0n) is 19.6. The van der Waals surface area contributed by atoms with E-state index in [2.05, 4.69) is 45.0 Å². The monoisotopic (exact) mass is 502 g/mol. The van der Waals surface area contributed by atoms with E-state index in [0.717, 1.165) is 45.0 Å². The van der Waals surface area contributed by atoms with Crippen LogP contribution in [0.25, 0.3) is 11.3 Å². The third-order valence-corrected chi connectivity index (χ3v) is 7.68. The number of fused-ring (bicyclic) bond motifs is 1. The van der Waals surface area contributed by atoms with Gasteiger partial charge >= 0.3 is 6.18 Å². The van der Waals surface area contributed by atoms with Crippen molar-refractivity contribution in [3.05, 3.63) is 69.3 Å². The summed E-state index contributed by atoms with van der Waals surface area (Å²) in [4.78, 5) is 14.7. The van der Waals surface area contributed by atoms with Crippen molar-refractivity contribution >= 4 is 17.4 Å². The smallest absolute Gasteiger partial charge is 0.390 e. The van der Waals surface area contributed by atoms with E-state index in [0.29, 0.717) is 17.2 Å². The van der Waals surface area contributed by atoms with Crippen LogP contribution in [-0.4, -0.2) is 33.1 Å². The molecule has 0 amide bonds. The number of anilines is 1. The lowest BCUT2D eigenvalue weighted by Crippen LogP contribution is -2.41. The summed E-state index contributed by atoms with van der Waals surface area (Å²) < 4.78 is 39.9. The highest BCUT2D eigenvalue weighted by molar-refractivity contribution is 6.34. The molecule has 1 aliphatic carbocycles. The van der Waals surface area contributed by atoms with E-state index >= 15 is 0 Å². The summed E-state index contributed by atoms with van der Waals surface area (Å²) in [6.07, 6.45) is 0.531. The first-order valence-corrected chi connectivity index (χ1v) is 12.0. The van der Waals surface area contributed by atoms with Gasteiger partial charge in [0.1, 0.15) is 5.69 Å². The van der Waals surface area contributed by atoms with Gasteiger partial charge in [-0.3, -0.25) is 4.98 Å². The van der Waals surface area contributed by atoms with Gasteiger partial charge < -0.3 is 10.0 Å². The summed E-state index contributed by atoms with van der Waals surface area (Å²) in [6, 6.07) is 8.10. The number of aromatic nitrogens is 3. The molecule has 0 radical (unpaired) electrons. The van der Waals surface area contributed by atoms with Gasteiger partial charge in [-0.1, -0.05) is 35.4 Å². The van der Waals surface area contributed by atoms with Gasteiger partial charge in [0.05, 0.1) is 23.0 Å². The Bertz CT molecular complexity index is 1290. The number of aryl methyl sites for hydroxylation is 2. The molecule has 184 valence electrons. The second kappa shape index (κ2) is 8.75. The summed E-state index contributed by atoms with van der Waals surface area (Å²) >= 11 is 6.08. The minimum atomic E-state index is -4.68. The van der Waals surface area contributed by atoms with E-state index in [1.54, 1.807) is 6.92 Å². The van der Waals surface area contributed by atoms with E-state index < -0.39 is 16.9 Å². The van der Waals surface area contributed by atoms with Crippen LogP contribution in [0.2, 0.25) is 5.02 Å². The number of hydrogen-bond acceptors (Lipinski definition) is 5. The molecule has 0 saturated carbocycles. The average Bonchev–Trinajstić information content (AvgIpc) is 3.15. The van der Waals surface area contributed by atoms with Crippen molar-refractivity contribution in [1.29, 1.82) is 0 Å². The lowest BCUT2D eigenvalue weighted by molar-refractivity contribution is -0.141. The SMILES string of the molecule is Cc1ccc2c(c1)CC1(CCN(c3nc(C)c(-c4ccnc(C(F)(F)F)c4Cl)nc3CO)CC1)C2. The maximum absolute atomic E-state index is 13.3. The quantitative estimate of drug-likeness (QED) is 0.497. The van der Waals surface area contributed by atoms with Crippen LogP contribution in [-0.2, 0) is 25.6 Å². The topological polar surface area (TPSA) is 62.1 Å². The van der Waals surface area contributed by atoms with Gasteiger partial charge in [-0.2, -0.15) is 13.2 Å². The van der Waals surface area contributed by atoms with Crippen molar-refractivity contribution in [2.75, 3.05) is 18.0 Å². The Morgan fingerprint density at radius 3 is 2.46 bits per heavy atom. The minimum absolute atomic E-state index is 0.0943. The summed E-state index contributed by atoms with van der Waals surface area (Å²) in [7, 11) is 0. The lowest BCUT2D eigenvalue weighted by atomic mass is 9.76. The maximum atomic E-state index is 13.3. The van der Waals surface area contributed by atoms with E-state index in [9.17, 15) is 18.3 Å². The molecule has 5 nitrogen and oxygen atoms in total. The number of halogens is 4. The highest BCUT2D eigenvalue weighted by Gasteiger charge is 2.41. The summed E-state index contributed by atoms with van der Waals surface area (Å²) in [5.41, 5.74) is 4.33. The highest BCUT2D eigenvalue weighted by Crippen LogP contribution is 2.46. The van der Waals surface area contributed by atoms with Crippen molar-refractivity contribution in [2.24, 2.45) is 5.41 Å². The molecule has 1 spiro atoms. The predicted octanol–water partition coefficient (Wildman–Crippen LogP) is 5.71. The fraction of sp³-hybridized carbons (Fsp3) is 0.423. The molecule has 1 aromatic carbocycles. The van der Waals surface area contributed by atoms with Gasteiger partial charge in [-0.05, 0) is 62.1 Å². The van der Waals surface area contributed by atoms with Gasteiger partial charge in [0, 0.05) is 24.8 Å². The third-order valence-electron chi connectivity index (χ3n) is 7.30. The molecule has 1 fully saturated rings. The molecule has 35 heavy (non-hydrogen) atoms. The molecule has 1 aliphatic heterocycles. The molecule has 1 N–H and O–H groups in total. The van der Waals surface area contributed by atoms with Crippen LogP contribution in [0.1, 0.15) is 46.6 Å². The molecular formula is C26H26ClF3N4O. The van der Waals surface area contributed by atoms with Crippen molar-refractivity contribution in [2.45, 2.75) is 52.3 Å². The average molecular weight is 503 g/mol. The number of nitrogens with zero attached hydrogens (tertiary/aromatic N) is 4. The van der Waals surface area contributed by atoms with E-state index in [-0.39, 0.29) is 23.3 Å². The van der Waals surface area contributed by atoms with Crippen LogP contribution in [0.15, 0.2) is 30.5 Å². The summed E-state index contributed by atoms with van der Waals surface area (Å²) in [6.45, 7) is 5.00. The summed E-state index contributed by atoms with van der Waals surface area (Å²) in [5.74, 6) is 0.580. The van der Waals surface area contributed by atoms with Crippen LogP contribution < -0.4 is 4.90 Å². The fourth-order valence-electron chi connectivity index (χ4n) is 5.49. The first kappa shape index (κ1) is 24.0. The number of aliphatic hydroxyl groups excluding tert-OH is 1. The van der Waals surface area contributed by atoms with Crippen molar-refractivity contribution in [3.63, 3.8) is 0 Å². The van der Waals surface area contributed by atoms with Crippen LogP contribution >= 0.6 is 11.6 Å². The lowest BCUT2D eigenvalue weighted by Gasteiger charge is -2.40. The molecule has 3 heterocycles. The number of rotatable bonds is 3. The van der Waals surface area contributed by atoms with Crippen LogP contribution in [0, 0.1) is 19.3 Å². The van der Waals surface area contributed by atoms with Gasteiger partial charge in [0.25, 0.3) is 0 Å². The standard InChI is InChI=1S/C26H26ClF3N4O/c1-15-3-4-17-12-25(13-18(17)11-15)6-9-34(10-7-25)24-20(14-35)33-22(16(2)32-24)19-5-8-31-23(21(19)27)26(28,29)30/h3-5,8,11,35H,6-7,9-10,12-14H2,1-2H3. The first-order valence-electron chi connectivity index (χ1n) is 11.6. The van der Waals surface area contributed by atoms with Crippen molar-refractivity contribution in [3.8, 4) is 11.3 Å². The number of alkyl halides is 3. The zero-order valence-corrected chi connectivity index (χ0v) is 20.3. The minimum Gasteiger partial charge on any atom is -0.390 e. The largest absolute Gasteiger partial charge is 0.434 e. The van der Waals surface area contributed by atoms with Crippen LogP contribution in [0.3, 0.4) is 0 Å². The molecule has 2 aliphatic rings. The third kappa shape index (κ3) is 4.38. The normalized spacial score (nSPS) is 17.2. The van der Waals surface area contributed by atoms with Crippen LogP contribution in [0.5, 0.6) is 0 Å². The highest BCUT2D eigenvalue weighted by atomic mass is 35.5. The van der Waals surface area contributed by atoms with Gasteiger partial charge in [0.15, 0.2) is 11.5 Å². The Morgan fingerprint density at radius 2 is 1.77 bits per heavy atom. The Morgan fingerprint density at radius 1 is 1.06 bits per heavy atom. The first-order chi connectivity index (χ1) is 16.6. The van der Waals surface area contributed by atoms with E-state index in [1.807, 2.05) is 0 Å². The number of benzene rings is 1. The summed E-state index contributed by atoms with van der Waals surface area (Å²) in [5, 5.41) is 9.54. The molecule has 3 aromatic rings. The van der Waals surface area contributed by atoms with Crippen molar-refractivity contribution in [1.82, 2.24) is 15.0 Å². The molecule has 0 bridgehead atoms. The second-order valence-corrected chi connectivity index (χ2v) is 10.1. The number of piperidine rings is 1. The molecule has 1 saturated heterocycles. The number of pyridine rings is 1. The molecular weight excluding hydrogens is 477 g/mol. The Hall–Kier alpha value is -2.71. The molecule has 9 heteroatoms. The number of hydrogen-bond donors (Lipinski definition) is 1. The van der Waals surface area contributed by atoms with Gasteiger partial charge in [-0.25, -0.2) is 9.97 Å². The Kier molecular flexibility index (Phi) is 6.00. The van der Waals surface area contributed by atoms with Crippen LogP contribution in [0.4, 0.5) is 19.0 Å². The predicted molar refractivity (Wildman–Crippen MR) is 128 cm³/mol. The zero-order chi connectivity index (χ0) is 25.0. The van der Waals surface area contributed by atoms with Gasteiger partial charge in [-0.15, -0.1) is 0 Å². The molecule has 2 aromatic heterocycles. The fourth-order valence-corrected chi connectivity index (χ4v) is 5.80. The van der Waals surface area contributed by atoms with Crippen molar-refractivity contribution < 1.29 is 18.3 Å². The Balaban J connectivity index is 1.41. The second-order valence-electron chi connectivity index (χ2n) is 9.72.